The van der Waals surface area contributed by atoms with Gasteiger partial charge in [-0.3, -0.25) is 9.78 Å². The summed E-state index contributed by atoms with van der Waals surface area (Å²) in [6.07, 6.45) is 3.48. The van der Waals surface area contributed by atoms with E-state index in [1.807, 2.05) is 0 Å². The quantitative estimate of drug-likeness (QED) is 0.451. The summed E-state index contributed by atoms with van der Waals surface area (Å²) in [5.41, 5.74) is 1.33. The molecule has 1 amide bonds. The predicted octanol–water partition coefficient (Wildman–Crippen LogP) is 2.03. The molecular formula is C17H17Cl2N5O4. The van der Waals surface area contributed by atoms with E-state index in [9.17, 15) is 9.90 Å². The van der Waals surface area contributed by atoms with Crippen LogP contribution in [-0.4, -0.2) is 50.3 Å². The average molecular weight is 426 g/mol. The maximum absolute atomic E-state index is 11.9. The molecule has 0 aliphatic heterocycles. The number of aliphatic hydroxyl groups is 2. The monoisotopic (exact) mass is 425 g/mol. The van der Waals surface area contributed by atoms with Crippen molar-refractivity contribution in [2.75, 3.05) is 18.5 Å². The van der Waals surface area contributed by atoms with Gasteiger partial charge in [-0.2, -0.15) is 0 Å². The van der Waals surface area contributed by atoms with Gasteiger partial charge < -0.3 is 25.3 Å². The zero-order valence-corrected chi connectivity index (χ0v) is 15.9. The van der Waals surface area contributed by atoms with E-state index >= 15 is 0 Å². The molecule has 0 bridgehead atoms. The highest BCUT2D eigenvalue weighted by Crippen LogP contribution is 2.23. The second-order valence-corrected chi connectivity index (χ2v) is 5.93. The lowest BCUT2D eigenvalue weighted by Crippen LogP contribution is -2.34. The van der Waals surface area contributed by atoms with E-state index in [1.165, 1.54) is 24.7 Å². The number of rotatable bonds is 7. The molecule has 0 aliphatic carbocycles. The Kier molecular flexibility index (Phi) is 7.70. The molecule has 3 heterocycles. The van der Waals surface area contributed by atoms with E-state index in [-0.39, 0.29) is 30.7 Å². The number of amides is 1. The Hall–Kier alpha value is -2.72. The van der Waals surface area contributed by atoms with Gasteiger partial charge in [-0.1, -0.05) is 11.6 Å². The maximum Gasteiger partial charge on any atom is 0.299 e. The van der Waals surface area contributed by atoms with Gasteiger partial charge in [0.05, 0.1) is 35.8 Å². The lowest BCUT2D eigenvalue weighted by molar-refractivity contribution is 0.0799. The van der Waals surface area contributed by atoms with Crippen LogP contribution in [0.2, 0.25) is 5.02 Å². The highest BCUT2D eigenvalue weighted by molar-refractivity contribution is 6.30. The first-order valence-electron chi connectivity index (χ1n) is 7.93. The lowest BCUT2D eigenvalue weighted by Gasteiger charge is -2.08. The standard InChI is InChI=1S/C17H16ClN5O4.ClH/c18-10-1-3-13(19-5-10)15-8-22-17(27-15)23-11-2-4-14(20-6-11)16(26)21-7-12(25)9-24;/h1-6,8,12,24-25H,7,9H2,(H,21,26)(H,22,23);1H/t12-;/m1./s1. The van der Waals surface area contributed by atoms with Crippen molar-refractivity contribution in [3.8, 4) is 11.5 Å². The van der Waals surface area contributed by atoms with Crippen LogP contribution in [0.4, 0.5) is 11.7 Å². The minimum Gasteiger partial charge on any atom is -0.422 e. The molecule has 3 aromatic heterocycles. The van der Waals surface area contributed by atoms with Crippen molar-refractivity contribution in [3.05, 3.63) is 53.6 Å². The van der Waals surface area contributed by atoms with Gasteiger partial charge in [0.15, 0.2) is 5.76 Å². The summed E-state index contributed by atoms with van der Waals surface area (Å²) in [5, 5.41) is 23.9. The summed E-state index contributed by atoms with van der Waals surface area (Å²) >= 11 is 5.81. The van der Waals surface area contributed by atoms with Crippen LogP contribution in [0.1, 0.15) is 10.5 Å². The second kappa shape index (κ2) is 10.00. The number of aliphatic hydroxyl groups excluding tert-OH is 2. The molecule has 11 heteroatoms. The first-order chi connectivity index (χ1) is 13.0. The Morgan fingerprint density at radius 2 is 1.96 bits per heavy atom. The topological polar surface area (TPSA) is 133 Å². The Morgan fingerprint density at radius 1 is 1.14 bits per heavy atom. The van der Waals surface area contributed by atoms with Crippen molar-refractivity contribution < 1.29 is 19.4 Å². The number of halogens is 2. The minimum atomic E-state index is -1.01. The largest absolute Gasteiger partial charge is 0.422 e. The molecule has 3 aromatic rings. The second-order valence-electron chi connectivity index (χ2n) is 5.49. The summed E-state index contributed by atoms with van der Waals surface area (Å²) < 4.78 is 5.58. The number of hydrogen-bond acceptors (Lipinski definition) is 8. The number of hydrogen-bond donors (Lipinski definition) is 4. The van der Waals surface area contributed by atoms with Crippen LogP contribution in [-0.2, 0) is 0 Å². The number of nitrogens with zero attached hydrogens (tertiary/aromatic N) is 3. The molecular weight excluding hydrogens is 409 g/mol. The third kappa shape index (κ3) is 5.64. The van der Waals surface area contributed by atoms with Gasteiger partial charge in [-0.05, 0) is 24.3 Å². The molecule has 0 saturated carbocycles. The first kappa shape index (κ1) is 21.6. The van der Waals surface area contributed by atoms with E-state index in [2.05, 4.69) is 25.6 Å². The van der Waals surface area contributed by atoms with E-state index in [0.717, 1.165) is 0 Å². The van der Waals surface area contributed by atoms with Crippen LogP contribution in [0.3, 0.4) is 0 Å². The van der Waals surface area contributed by atoms with Gasteiger partial charge >= 0.3 is 0 Å². The molecule has 0 fully saturated rings. The Morgan fingerprint density at radius 3 is 2.61 bits per heavy atom. The zero-order valence-electron chi connectivity index (χ0n) is 14.4. The third-order valence-corrected chi connectivity index (χ3v) is 3.67. The van der Waals surface area contributed by atoms with Gasteiger partial charge in [0.25, 0.3) is 11.9 Å². The number of carbonyl (C=O) groups excluding carboxylic acids is 1. The van der Waals surface area contributed by atoms with E-state index in [4.69, 9.17) is 21.1 Å². The van der Waals surface area contributed by atoms with Gasteiger partial charge in [-0.25, -0.2) is 9.97 Å². The fourth-order valence-electron chi connectivity index (χ4n) is 2.06. The molecule has 28 heavy (non-hydrogen) atoms. The van der Waals surface area contributed by atoms with Crippen molar-refractivity contribution in [2.45, 2.75) is 6.10 Å². The molecule has 0 radical (unpaired) electrons. The summed E-state index contributed by atoms with van der Waals surface area (Å²) in [4.78, 5) is 24.2. The Balaban J connectivity index is 0.00000280. The van der Waals surface area contributed by atoms with Crippen molar-refractivity contribution in [1.29, 1.82) is 0 Å². The molecule has 9 nitrogen and oxygen atoms in total. The van der Waals surface area contributed by atoms with Crippen molar-refractivity contribution >= 4 is 41.6 Å². The number of pyridine rings is 2. The first-order valence-corrected chi connectivity index (χ1v) is 8.31. The van der Waals surface area contributed by atoms with Crippen LogP contribution in [0.15, 0.2) is 47.3 Å². The molecule has 0 aliphatic rings. The molecule has 0 unspecified atom stereocenters. The molecule has 3 rings (SSSR count). The van der Waals surface area contributed by atoms with E-state index < -0.39 is 18.6 Å². The molecule has 1 atom stereocenters. The van der Waals surface area contributed by atoms with Gasteiger partial charge in [0.1, 0.15) is 11.4 Å². The predicted molar refractivity (Wildman–Crippen MR) is 105 cm³/mol. The SMILES string of the molecule is Cl.O=C(NC[C@@H](O)CO)c1ccc(Nc2ncc(-c3ccc(Cl)cn3)o2)cn1. The van der Waals surface area contributed by atoms with Gasteiger partial charge in [0.2, 0.25) is 0 Å². The number of oxazole rings is 1. The molecule has 0 spiro atoms. The van der Waals surface area contributed by atoms with Crippen LogP contribution >= 0.6 is 24.0 Å². The Bertz CT molecular complexity index is 903. The maximum atomic E-state index is 11.9. The zero-order chi connectivity index (χ0) is 19.2. The fourth-order valence-corrected chi connectivity index (χ4v) is 2.17. The Labute approximate surface area is 171 Å². The van der Waals surface area contributed by atoms with Crippen LogP contribution < -0.4 is 10.6 Å². The van der Waals surface area contributed by atoms with E-state index in [1.54, 1.807) is 18.2 Å². The minimum absolute atomic E-state index is 0. The summed E-state index contributed by atoms with van der Waals surface area (Å²) in [6.45, 7) is -0.491. The summed E-state index contributed by atoms with van der Waals surface area (Å²) in [7, 11) is 0. The van der Waals surface area contributed by atoms with Crippen molar-refractivity contribution in [2.24, 2.45) is 0 Å². The van der Waals surface area contributed by atoms with E-state index in [0.29, 0.717) is 22.2 Å². The van der Waals surface area contributed by atoms with Crippen LogP contribution in [0, 0.1) is 0 Å². The number of nitrogens with one attached hydrogen (secondary N) is 2. The van der Waals surface area contributed by atoms with Crippen LogP contribution in [0.25, 0.3) is 11.5 Å². The third-order valence-electron chi connectivity index (χ3n) is 3.44. The molecule has 148 valence electrons. The van der Waals surface area contributed by atoms with Gasteiger partial charge in [0, 0.05) is 12.7 Å². The summed E-state index contributed by atoms with van der Waals surface area (Å²) in [6, 6.07) is 6.80. The highest BCUT2D eigenvalue weighted by Gasteiger charge is 2.11. The van der Waals surface area contributed by atoms with Crippen LogP contribution in [0.5, 0.6) is 0 Å². The number of aromatic nitrogens is 3. The highest BCUT2D eigenvalue weighted by atomic mass is 35.5. The van der Waals surface area contributed by atoms with Gasteiger partial charge in [-0.15, -0.1) is 12.4 Å². The molecule has 4 N–H and O–H groups in total. The number of carbonyl (C=O) groups is 1. The number of anilines is 2. The smallest absolute Gasteiger partial charge is 0.299 e. The summed E-state index contributed by atoms with van der Waals surface area (Å²) in [5.74, 6) is 0.0156. The van der Waals surface area contributed by atoms with Crippen molar-refractivity contribution in [1.82, 2.24) is 20.3 Å². The van der Waals surface area contributed by atoms with Crippen molar-refractivity contribution in [3.63, 3.8) is 0 Å². The molecule has 0 aromatic carbocycles. The normalized spacial score (nSPS) is 11.4. The fraction of sp³-hybridized carbons (Fsp3) is 0.176. The average Bonchev–Trinajstić information content (AvgIpc) is 3.15. The lowest BCUT2D eigenvalue weighted by atomic mass is 10.3. The molecule has 0 saturated heterocycles.